The van der Waals surface area contributed by atoms with Gasteiger partial charge in [-0.2, -0.15) is 0 Å². The standard InChI is InChI=1S/C28H33O2P/c1-7-28(6,31-26-14-13-19(2)16-24(26)22(5)29)25-17-20(3)15-21(4)27(25)30-18-23-11-9-8-10-12-23/h8-17,31H,7,18H2,1-6H3. The highest BCUT2D eigenvalue weighted by Gasteiger charge is 2.31. The molecule has 0 aromatic heterocycles. The third-order valence-corrected chi connectivity index (χ3v) is 7.79. The summed E-state index contributed by atoms with van der Waals surface area (Å²) in [4.78, 5) is 12.3. The van der Waals surface area contributed by atoms with Gasteiger partial charge in [0.25, 0.3) is 0 Å². The molecule has 0 N–H and O–H groups in total. The van der Waals surface area contributed by atoms with E-state index < -0.39 is 0 Å². The number of ketones is 1. The Kier molecular flexibility index (Phi) is 7.34. The van der Waals surface area contributed by atoms with E-state index in [1.165, 1.54) is 11.1 Å². The molecule has 0 aliphatic rings. The number of Topliss-reactive ketones (excluding diaryl/α,β-unsaturated/α-hetero) is 1. The van der Waals surface area contributed by atoms with E-state index >= 15 is 0 Å². The maximum atomic E-state index is 12.3. The molecule has 162 valence electrons. The summed E-state index contributed by atoms with van der Waals surface area (Å²) in [5.74, 6) is 1.11. The minimum atomic E-state index is -0.123. The Morgan fingerprint density at radius 1 is 0.968 bits per heavy atom. The maximum absolute atomic E-state index is 12.3. The van der Waals surface area contributed by atoms with E-state index in [1.54, 1.807) is 6.92 Å². The average Bonchev–Trinajstić information content (AvgIpc) is 2.74. The number of hydrogen-bond donors (Lipinski definition) is 0. The van der Waals surface area contributed by atoms with Crippen molar-refractivity contribution < 1.29 is 9.53 Å². The van der Waals surface area contributed by atoms with Gasteiger partial charge < -0.3 is 4.74 Å². The molecule has 0 radical (unpaired) electrons. The van der Waals surface area contributed by atoms with Crippen LogP contribution in [0.15, 0.2) is 60.7 Å². The molecule has 3 aromatic carbocycles. The molecule has 2 atom stereocenters. The first-order valence-electron chi connectivity index (χ1n) is 10.9. The highest BCUT2D eigenvalue weighted by atomic mass is 31.1. The van der Waals surface area contributed by atoms with Crippen LogP contribution in [0.5, 0.6) is 5.75 Å². The first kappa shape index (κ1) is 23.2. The molecule has 2 nitrogen and oxygen atoms in total. The lowest BCUT2D eigenvalue weighted by Gasteiger charge is -2.33. The van der Waals surface area contributed by atoms with E-state index in [-0.39, 0.29) is 10.9 Å². The van der Waals surface area contributed by atoms with Crippen molar-refractivity contribution >= 4 is 19.7 Å². The van der Waals surface area contributed by atoms with Crippen LogP contribution in [0.2, 0.25) is 0 Å². The summed E-state index contributed by atoms with van der Waals surface area (Å²) in [5, 5.41) is 1.01. The molecule has 0 saturated heterocycles. The Labute approximate surface area is 188 Å². The van der Waals surface area contributed by atoms with Gasteiger partial charge >= 0.3 is 0 Å². The van der Waals surface area contributed by atoms with Crippen molar-refractivity contribution in [2.24, 2.45) is 0 Å². The van der Waals surface area contributed by atoms with E-state index in [1.807, 2.05) is 31.2 Å². The number of ether oxygens (including phenoxy) is 1. The van der Waals surface area contributed by atoms with Crippen molar-refractivity contribution in [3.05, 3.63) is 94.0 Å². The van der Waals surface area contributed by atoms with E-state index in [0.29, 0.717) is 15.2 Å². The summed E-state index contributed by atoms with van der Waals surface area (Å²) in [6.45, 7) is 13.1. The second-order valence-electron chi connectivity index (χ2n) is 8.65. The molecule has 0 saturated carbocycles. The van der Waals surface area contributed by atoms with Crippen LogP contribution in [0.3, 0.4) is 0 Å². The lowest BCUT2D eigenvalue weighted by Crippen LogP contribution is -2.22. The highest BCUT2D eigenvalue weighted by molar-refractivity contribution is 7.48. The molecule has 0 amide bonds. The second kappa shape index (κ2) is 9.79. The predicted molar refractivity (Wildman–Crippen MR) is 133 cm³/mol. The van der Waals surface area contributed by atoms with Gasteiger partial charge in [0.05, 0.1) is 0 Å². The summed E-state index contributed by atoms with van der Waals surface area (Å²) in [6.07, 6.45) is 0.960. The van der Waals surface area contributed by atoms with Crippen molar-refractivity contribution in [3.8, 4) is 5.75 Å². The van der Waals surface area contributed by atoms with Crippen molar-refractivity contribution in [1.29, 1.82) is 0 Å². The number of benzene rings is 3. The zero-order valence-corrected chi connectivity index (χ0v) is 20.5. The normalized spacial score (nSPS) is 13.4. The van der Waals surface area contributed by atoms with E-state index in [4.69, 9.17) is 4.74 Å². The fourth-order valence-electron chi connectivity index (χ4n) is 3.99. The first-order chi connectivity index (χ1) is 14.7. The van der Waals surface area contributed by atoms with Crippen molar-refractivity contribution in [2.45, 2.75) is 59.7 Å². The van der Waals surface area contributed by atoms with Crippen LogP contribution in [0, 0.1) is 20.8 Å². The van der Waals surface area contributed by atoms with Crippen LogP contribution in [0.1, 0.15) is 65.4 Å². The first-order valence-corrected chi connectivity index (χ1v) is 11.9. The molecule has 3 aromatic rings. The van der Waals surface area contributed by atoms with Gasteiger partial charge in [-0.1, -0.05) is 88.2 Å². The van der Waals surface area contributed by atoms with Crippen LogP contribution in [-0.4, -0.2) is 5.78 Å². The van der Waals surface area contributed by atoms with Gasteiger partial charge in [0.1, 0.15) is 12.4 Å². The number of rotatable bonds is 8. The third-order valence-electron chi connectivity index (χ3n) is 5.91. The van der Waals surface area contributed by atoms with Gasteiger partial charge in [-0.25, -0.2) is 0 Å². The summed E-state index contributed by atoms with van der Waals surface area (Å²) in [6, 6.07) is 21.0. The van der Waals surface area contributed by atoms with E-state index in [2.05, 4.69) is 64.1 Å². The molecular formula is C28H33O2P. The number of carbonyl (C=O) groups excluding carboxylic acids is 1. The van der Waals surface area contributed by atoms with E-state index in [9.17, 15) is 4.79 Å². The predicted octanol–water partition coefficient (Wildman–Crippen LogP) is 7.02. The van der Waals surface area contributed by atoms with Gasteiger partial charge in [-0.3, -0.25) is 4.79 Å². The van der Waals surface area contributed by atoms with Crippen LogP contribution in [-0.2, 0) is 11.8 Å². The number of aryl methyl sites for hydroxylation is 3. The molecule has 0 fully saturated rings. The minimum Gasteiger partial charge on any atom is -0.488 e. The minimum absolute atomic E-state index is 0.123. The van der Waals surface area contributed by atoms with Gasteiger partial charge in [0.2, 0.25) is 0 Å². The van der Waals surface area contributed by atoms with Gasteiger partial charge in [0, 0.05) is 16.3 Å². The van der Waals surface area contributed by atoms with Crippen molar-refractivity contribution in [3.63, 3.8) is 0 Å². The van der Waals surface area contributed by atoms with Crippen LogP contribution < -0.4 is 10.0 Å². The monoisotopic (exact) mass is 432 g/mol. The fourth-order valence-corrected chi connectivity index (χ4v) is 5.63. The third kappa shape index (κ3) is 5.43. The maximum Gasteiger partial charge on any atom is 0.160 e. The van der Waals surface area contributed by atoms with E-state index in [0.717, 1.165) is 39.7 Å². The topological polar surface area (TPSA) is 26.3 Å². The lowest BCUT2D eigenvalue weighted by atomic mass is 9.92. The fraction of sp³-hybridized carbons (Fsp3) is 0.321. The molecule has 0 aliphatic carbocycles. The molecular weight excluding hydrogens is 399 g/mol. The highest BCUT2D eigenvalue weighted by Crippen LogP contribution is 2.49. The Balaban J connectivity index is 2.03. The smallest absolute Gasteiger partial charge is 0.160 e. The zero-order valence-electron chi connectivity index (χ0n) is 19.5. The summed E-state index contributed by atoms with van der Waals surface area (Å²) < 4.78 is 6.43. The summed E-state index contributed by atoms with van der Waals surface area (Å²) in [7, 11) is 0.473. The van der Waals surface area contributed by atoms with Crippen molar-refractivity contribution in [1.82, 2.24) is 0 Å². The van der Waals surface area contributed by atoms with Crippen molar-refractivity contribution in [2.75, 3.05) is 0 Å². The Morgan fingerprint density at radius 2 is 1.68 bits per heavy atom. The molecule has 3 heteroatoms. The zero-order chi connectivity index (χ0) is 22.6. The van der Waals surface area contributed by atoms with Crippen LogP contribution in [0.4, 0.5) is 0 Å². The summed E-state index contributed by atoms with van der Waals surface area (Å²) >= 11 is 0. The molecule has 0 heterocycles. The molecule has 0 aliphatic heterocycles. The second-order valence-corrected chi connectivity index (χ2v) is 10.5. The molecule has 31 heavy (non-hydrogen) atoms. The number of hydrogen-bond acceptors (Lipinski definition) is 2. The summed E-state index contributed by atoms with van der Waals surface area (Å²) in [5.41, 5.74) is 6.75. The molecule has 0 bridgehead atoms. The van der Waals surface area contributed by atoms with Crippen LogP contribution >= 0.6 is 8.58 Å². The van der Waals surface area contributed by atoms with Gasteiger partial charge in [0.15, 0.2) is 5.78 Å². The lowest BCUT2D eigenvalue weighted by molar-refractivity contribution is 0.101. The van der Waals surface area contributed by atoms with Gasteiger partial charge in [-0.15, -0.1) is 0 Å². The van der Waals surface area contributed by atoms with Crippen LogP contribution in [0.25, 0.3) is 0 Å². The molecule has 2 unspecified atom stereocenters. The number of carbonyl (C=O) groups is 1. The molecule has 3 rings (SSSR count). The average molecular weight is 433 g/mol. The Hall–Kier alpha value is -2.44. The Morgan fingerprint density at radius 3 is 2.32 bits per heavy atom. The Bertz CT molecular complexity index is 1070. The largest absolute Gasteiger partial charge is 0.488 e. The SMILES string of the molecule is CCC(C)(Pc1ccc(C)cc1C(C)=O)c1cc(C)cc(C)c1OCc1ccccc1. The van der Waals surface area contributed by atoms with Gasteiger partial charge in [-0.05, 0) is 56.6 Å². The molecule has 0 spiro atoms. The quantitative estimate of drug-likeness (QED) is 0.282.